The van der Waals surface area contributed by atoms with Crippen LogP contribution in [0.25, 0.3) is 34.0 Å². The maximum absolute atomic E-state index is 15.2. The molecule has 0 atom stereocenters. The fraction of sp³-hybridized carbons (Fsp3) is 0.358. The Morgan fingerprint density at radius 1 is 0.750 bits per heavy atom. The Morgan fingerprint density at radius 2 is 1.38 bits per heavy atom. The number of amidine groups is 1. The van der Waals surface area contributed by atoms with E-state index < -0.39 is 17.5 Å². The van der Waals surface area contributed by atoms with Crippen molar-refractivity contribution in [3.63, 3.8) is 0 Å². The number of morpholine rings is 2. The maximum atomic E-state index is 15.2. The van der Waals surface area contributed by atoms with Gasteiger partial charge in [-0.3, -0.25) is 20.0 Å². The smallest absolute Gasteiger partial charge is 0.326 e. The third kappa shape index (κ3) is 15.3. The summed E-state index contributed by atoms with van der Waals surface area (Å²) in [7, 11) is 0. The number of benzene rings is 2. The molecule has 0 aliphatic carbocycles. The van der Waals surface area contributed by atoms with Gasteiger partial charge in [0.2, 0.25) is 0 Å². The minimum absolute atomic E-state index is 0.0770. The van der Waals surface area contributed by atoms with Gasteiger partial charge in [-0.2, -0.15) is 20.2 Å². The van der Waals surface area contributed by atoms with E-state index in [-0.39, 0.29) is 35.1 Å². The molecule has 2 aromatic carbocycles. The van der Waals surface area contributed by atoms with E-state index >= 15 is 4.39 Å². The van der Waals surface area contributed by atoms with Crippen LogP contribution in [0.5, 0.6) is 17.5 Å². The number of nitrogens with one attached hydrogen (secondary N) is 8. The number of rotatable bonds is 22. The fourth-order valence-electron chi connectivity index (χ4n) is 8.39. The van der Waals surface area contributed by atoms with Crippen LogP contribution < -0.4 is 30.7 Å². The maximum Gasteiger partial charge on any atom is 0.326 e. The largest absolute Gasteiger partial charge is 0.468 e. The Morgan fingerprint density at radius 3 is 2.08 bits per heavy atom. The van der Waals surface area contributed by atoms with E-state index in [4.69, 9.17) is 18.9 Å². The average Bonchev–Trinajstić information content (AvgIpc) is 4.25. The summed E-state index contributed by atoms with van der Waals surface area (Å²) in [4.78, 5) is 28.0. The minimum Gasteiger partial charge on any atom is -0.468 e. The molecule has 402 valence electrons. The molecule has 0 bridgehead atoms. The van der Waals surface area contributed by atoms with Crippen molar-refractivity contribution in [2.24, 2.45) is 9.98 Å². The molecular weight excluding hydrogens is 982 g/mol. The molecule has 0 unspecified atom stereocenters. The summed E-state index contributed by atoms with van der Waals surface area (Å²) in [6, 6.07) is 12.9. The number of nitrogens with zero attached hydrogens (tertiary/aromatic N) is 8. The van der Waals surface area contributed by atoms with Gasteiger partial charge >= 0.3 is 6.01 Å². The number of aryl methyl sites for hydroxylation is 2. The van der Waals surface area contributed by atoms with Gasteiger partial charge in [-0.15, -0.1) is 0 Å². The van der Waals surface area contributed by atoms with Crippen LogP contribution in [0.15, 0.2) is 82.6 Å². The number of H-pyrrole nitrogens is 4. The van der Waals surface area contributed by atoms with Crippen molar-refractivity contribution in [3.05, 3.63) is 113 Å². The molecule has 0 spiro atoms. The van der Waals surface area contributed by atoms with Crippen LogP contribution in [0.4, 0.5) is 36.4 Å². The third-order valence-electron chi connectivity index (χ3n) is 12.1. The summed E-state index contributed by atoms with van der Waals surface area (Å²) >= 11 is 0. The lowest BCUT2D eigenvalue weighted by Crippen LogP contribution is -2.38. The molecule has 2 fully saturated rings. The summed E-state index contributed by atoms with van der Waals surface area (Å²) in [6.45, 7) is 21.0. The van der Waals surface area contributed by atoms with Crippen molar-refractivity contribution in [2.75, 3.05) is 101 Å². The molecule has 5 aromatic heterocycles. The van der Waals surface area contributed by atoms with Gasteiger partial charge in [0.15, 0.2) is 47.3 Å². The highest BCUT2D eigenvalue weighted by molar-refractivity contribution is 5.94. The first kappa shape index (κ1) is 54.3. The summed E-state index contributed by atoms with van der Waals surface area (Å²) in [5.41, 5.74) is 4.01. The minimum atomic E-state index is -0.698. The number of allylic oxidation sites excluding steroid dienone is 2. The van der Waals surface area contributed by atoms with E-state index in [2.05, 4.69) is 88.1 Å². The lowest BCUT2D eigenvalue weighted by molar-refractivity contribution is 0.0376. The molecule has 0 saturated carbocycles. The highest BCUT2D eigenvalue weighted by Gasteiger charge is 2.19. The second-order valence-electron chi connectivity index (χ2n) is 17.9. The van der Waals surface area contributed by atoms with E-state index in [1.807, 2.05) is 57.2 Å². The summed E-state index contributed by atoms with van der Waals surface area (Å²) < 4.78 is 66.9. The van der Waals surface area contributed by atoms with E-state index in [1.165, 1.54) is 6.07 Å². The lowest BCUT2D eigenvalue weighted by atomic mass is 10.2. The number of hydrogen-bond acceptors (Lipinski definition) is 15. The van der Waals surface area contributed by atoms with Crippen LogP contribution >= 0.6 is 0 Å². The predicted molar refractivity (Wildman–Crippen MR) is 292 cm³/mol. The van der Waals surface area contributed by atoms with Gasteiger partial charge in [-0.25, -0.2) is 23.2 Å². The van der Waals surface area contributed by atoms with Gasteiger partial charge in [0, 0.05) is 97.3 Å². The number of fused-ring (bicyclic) bond motifs is 2. The molecule has 20 nitrogen and oxygen atoms in total. The Balaban J connectivity index is 0.000000201. The Hall–Kier alpha value is -7.99. The van der Waals surface area contributed by atoms with Crippen LogP contribution in [0.1, 0.15) is 49.5 Å². The zero-order valence-electron chi connectivity index (χ0n) is 43.2. The van der Waals surface area contributed by atoms with Crippen molar-refractivity contribution in [2.45, 2.75) is 40.5 Å². The lowest BCUT2D eigenvalue weighted by Gasteiger charge is -2.26. The van der Waals surface area contributed by atoms with Gasteiger partial charge in [-0.05, 0) is 96.8 Å². The normalized spacial score (nSPS) is 14.9. The summed E-state index contributed by atoms with van der Waals surface area (Å²) in [5, 5.41) is 27.7. The number of hydrogen-bond donors (Lipinski definition) is 8. The number of aromatic amines is 4. The Bertz CT molecular complexity index is 3150. The van der Waals surface area contributed by atoms with Crippen molar-refractivity contribution < 1.29 is 32.1 Å². The molecule has 76 heavy (non-hydrogen) atoms. The molecule has 7 aromatic rings. The van der Waals surface area contributed by atoms with Crippen LogP contribution in [0.2, 0.25) is 0 Å². The standard InChI is InChI=1S/C27H35FN8O2.C26H30F2N8O2/c1-4-6-20-16-26(35-34-20)33-24(29-3)17-25(30-9-5-10-36-11-13-37-14-12-36)31-18-38-23-8-7-22-21(27(23)28)15-19(2)32-22;1-3-5-17-13-23(35-34-17)31-22-15-21(29-6-4-7-36-8-10-37-11-9-36)32-26(33-22)38-20-14-19(27)25-18(24(20)28)12-16(2)30-25/h4,6-8,15-17,32H,3,5,9-14,18H2,1-2H3,(H,30,31)(H2,33,34,35);3,5,12-15,30H,4,6-11H2,1-2H3,(H3,29,31,32,33,34,35)/b6-4+,24-17+;5-3+. The third-order valence-corrected chi connectivity index (χ3v) is 12.1. The fourth-order valence-corrected chi connectivity index (χ4v) is 8.39. The SMILES string of the molecule is C/C=C/c1cc(Nc2cc(NCCCN3CCOCC3)nc(Oc3cc(F)c4[nH]c(C)cc4c3F)n2)n[nH]1.C=N/C(=C\C(=N/COc1ccc2[nH]c(C)cc2c1F)NCCCN1CCOCC1)Nc1cc(/C=C/C)[nH]n1. The highest BCUT2D eigenvalue weighted by Crippen LogP contribution is 2.33. The quantitative estimate of drug-likeness (QED) is 0.0180. The molecule has 7 heterocycles. The first-order chi connectivity index (χ1) is 37.0. The number of aromatic nitrogens is 8. The van der Waals surface area contributed by atoms with Crippen molar-refractivity contribution >= 4 is 69.8 Å². The topological polar surface area (TPSA) is 231 Å². The molecule has 2 aliphatic rings. The second kappa shape index (κ2) is 27.0. The van der Waals surface area contributed by atoms with Gasteiger partial charge in [0.25, 0.3) is 0 Å². The molecule has 0 radical (unpaired) electrons. The zero-order chi connectivity index (χ0) is 53.2. The molecule has 2 aliphatic heterocycles. The average molecular weight is 1050 g/mol. The Labute approximate surface area is 438 Å². The molecule has 8 N–H and O–H groups in total. The van der Waals surface area contributed by atoms with E-state index in [0.717, 1.165) is 107 Å². The number of aliphatic imine (C=N–C) groups is 2. The highest BCUT2D eigenvalue weighted by atomic mass is 19.1. The number of ether oxygens (including phenoxy) is 4. The van der Waals surface area contributed by atoms with Crippen LogP contribution in [-0.4, -0.2) is 148 Å². The number of anilines is 4. The molecule has 2 saturated heterocycles. The summed E-state index contributed by atoms with van der Waals surface area (Å²) in [5.74, 6) is 1.06. The van der Waals surface area contributed by atoms with Gasteiger partial charge < -0.3 is 50.2 Å². The van der Waals surface area contributed by atoms with Gasteiger partial charge in [-0.1, -0.05) is 12.2 Å². The molecule has 9 rings (SSSR count). The van der Waals surface area contributed by atoms with Crippen molar-refractivity contribution in [3.8, 4) is 17.5 Å². The van der Waals surface area contributed by atoms with Crippen LogP contribution in [0.3, 0.4) is 0 Å². The van der Waals surface area contributed by atoms with E-state index in [9.17, 15) is 8.78 Å². The second-order valence-corrected chi connectivity index (χ2v) is 17.9. The van der Waals surface area contributed by atoms with Crippen LogP contribution in [-0.2, 0) is 9.47 Å². The van der Waals surface area contributed by atoms with Gasteiger partial charge in [0.1, 0.15) is 23.3 Å². The molecular formula is C53H65F3N16O4. The van der Waals surface area contributed by atoms with Crippen molar-refractivity contribution in [1.29, 1.82) is 0 Å². The van der Waals surface area contributed by atoms with E-state index in [1.54, 1.807) is 37.3 Å². The van der Waals surface area contributed by atoms with Crippen molar-refractivity contribution in [1.82, 2.24) is 55.4 Å². The predicted octanol–water partition coefficient (Wildman–Crippen LogP) is 9.04. The number of halogens is 3. The zero-order valence-corrected chi connectivity index (χ0v) is 43.2. The Kier molecular flexibility index (Phi) is 19.3. The van der Waals surface area contributed by atoms with Gasteiger partial charge in [0.05, 0.1) is 43.3 Å². The van der Waals surface area contributed by atoms with Crippen LogP contribution in [0, 0.1) is 31.3 Å². The first-order valence-electron chi connectivity index (χ1n) is 25.2. The molecule has 23 heteroatoms. The monoisotopic (exact) mass is 1050 g/mol. The van der Waals surface area contributed by atoms with E-state index in [0.29, 0.717) is 59.1 Å². The summed E-state index contributed by atoms with van der Waals surface area (Å²) in [6.07, 6.45) is 11.1. The first-order valence-corrected chi connectivity index (χ1v) is 25.2. The molecule has 0 amide bonds.